The van der Waals surface area contributed by atoms with Gasteiger partial charge in [-0.2, -0.15) is 0 Å². The van der Waals surface area contributed by atoms with Crippen molar-refractivity contribution in [1.82, 2.24) is 15.1 Å². The standard InChI is InChI=1S/C18H27N3O3/c1-12-5-6-14-13(11-15(22)19-14)16(12)20-7-9-21(10-8-20)17(23)24-18(2,3)4/h6,12H,5,7-11H2,1-4H3,(H,19,22). The predicted octanol–water partition coefficient (Wildman–Crippen LogP) is 2.24. The van der Waals surface area contributed by atoms with Crippen molar-refractivity contribution in [3.63, 3.8) is 0 Å². The van der Waals surface area contributed by atoms with E-state index in [-0.39, 0.29) is 12.0 Å². The van der Waals surface area contributed by atoms with E-state index in [1.165, 1.54) is 5.70 Å². The Bertz CT molecular complexity index is 607. The summed E-state index contributed by atoms with van der Waals surface area (Å²) in [6.07, 6.45) is 3.30. The lowest BCUT2D eigenvalue weighted by Crippen LogP contribution is -2.50. The number of amides is 2. The van der Waals surface area contributed by atoms with Crippen molar-refractivity contribution in [1.29, 1.82) is 0 Å². The number of nitrogens with one attached hydrogen (secondary N) is 1. The van der Waals surface area contributed by atoms with Crippen LogP contribution in [0.3, 0.4) is 0 Å². The van der Waals surface area contributed by atoms with Crippen LogP contribution in [0.15, 0.2) is 23.0 Å². The van der Waals surface area contributed by atoms with Gasteiger partial charge in [0.05, 0.1) is 6.42 Å². The van der Waals surface area contributed by atoms with Crippen molar-refractivity contribution in [2.75, 3.05) is 26.2 Å². The molecule has 0 radical (unpaired) electrons. The van der Waals surface area contributed by atoms with Gasteiger partial charge in [-0.25, -0.2) is 4.79 Å². The molecule has 132 valence electrons. The highest BCUT2D eigenvalue weighted by molar-refractivity contribution is 5.87. The summed E-state index contributed by atoms with van der Waals surface area (Å²) >= 11 is 0. The molecule has 1 atom stereocenters. The molecule has 6 heteroatoms. The van der Waals surface area contributed by atoms with Gasteiger partial charge in [-0.15, -0.1) is 0 Å². The molecule has 0 saturated carbocycles. The summed E-state index contributed by atoms with van der Waals surface area (Å²) in [6.45, 7) is 10.7. The normalized spacial score (nSPS) is 24.6. The second-order valence-corrected chi connectivity index (χ2v) is 7.80. The third-order valence-corrected chi connectivity index (χ3v) is 4.66. The molecule has 3 rings (SSSR count). The maximum Gasteiger partial charge on any atom is 0.410 e. The quantitative estimate of drug-likeness (QED) is 0.799. The van der Waals surface area contributed by atoms with Crippen molar-refractivity contribution in [2.24, 2.45) is 5.92 Å². The van der Waals surface area contributed by atoms with Gasteiger partial charge in [0.15, 0.2) is 0 Å². The molecule has 2 aliphatic heterocycles. The number of piperazine rings is 1. The lowest BCUT2D eigenvalue weighted by molar-refractivity contribution is -0.118. The number of carbonyl (C=O) groups is 2. The van der Waals surface area contributed by atoms with E-state index in [0.717, 1.165) is 30.8 Å². The highest BCUT2D eigenvalue weighted by Crippen LogP contribution is 2.36. The van der Waals surface area contributed by atoms with Crippen LogP contribution in [-0.4, -0.2) is 53.6 Å². The third-order valence-electron chi connectivity index (χ3n) is 4.66. The van der Waals surface area contributed by atoms with E-state index in [1.54, 1.807) is 4.90 Å². The summed E-state index contributed by atoms with van der Waals surface area (Å²) in [5.41, 5.74) is 2.94. The molecule has 24 heavy (non-hydrogen) atoms. The smallest absolute Gasteiger partial charge is 0.410 e. The van der Waals surface area contributed by atoms with Crippen LogP contribution in [0.1, 0.15) is 40.5 Å². The molecule has 0 aromatic carbocycles. The minimum absolute atomic E-state index is 0.0789. The second kappa shape index (κ2) is 6.15. The van der Waals surface area contributed by atoms with E-state index in [2.05, 4.69) is 23.2 Å². The fourth-order valence-corrected chi connectivity index (χ4v) is 3.59. The summed E-state index contributed by atoms with van der Waals surface area (Å²) in [5.74, 6) is 0.486. The Balaban J connectivity index is 1.68. The molecule has 2 saturated heterocycles. The van der Waals surface area contributed by atoms with Crippen LogP contribution in [0.5, 0.6) is 0 Å². The molecule has 1 N–H and O–H groups in total. The van der Waals surface area contributed by atoms with E-state index in [1.807, 2.05) is 20.8 Å². The van der Waals surface area contributed by atoms with Gasteiger partial charge >= 0.3 is 6.09 Å². The number of hydrogen-bond acceptors (Lipinski definition) is 4. The maximum atomic E-state index is 12.2. The number of carbonyl (C=O) groups excluding carboxylic acids is 2. The van der Waals surface area contributed by atoms with Crippen molar-refractivity contribution in [3.05, 3.63) is 23.0 Å². The molecule has 2 heterocycles. The van der Waals surface area contributed by atoms with Crippen LogP contribution >= 0.6 is 0 Å². The zero-order chi connectivity index (χ0) is 17.5. The Hall–Kier alpha value is -1.98. The van der Waals surface area contributed by atoms with Gasteiger partial charge in [0.2, 0.25) is 5.91 Å². The monoisotopic (exact) mass is 333 g/mol. The Morgan fingerprint density at radius 2 is 1.92 bits per heavy atom. The molecule has 3 aliphatic rings. The molecule has 0 bridgehead atoms. The maximum absolute atomic E-state index is 12.2. The van der Waals surface area contributed by atoms with Gasteiger partial charge in [-0.3, -0.25) is 4.79 Å². The van der Waals surface area contributed by atoms with Gasteiger partial charge in [0.25, 0.3) is 0 Å². The SMILES string of the molecule is CC1CC=C2NC(=O)CC2=C1N1CCN(C(=O)OC(C)(C)C)CC1. The van der Waals surface area contributed by atoms with E-state index in [4.69, 9.17) is 4.74 Å². The third kappa shape index (κ3) is 3.42. The van der Waals surface area contributed by atoms with Crippen molar-refractivity contribution >= 4 is 12.0 Å². The fourth-order valence-electron chi connectivity index (χ4n) is 3.59. The number of hydrogen-bond donors (Lipinski definition) is 1. The molecule has 2 fully saturated rings. The number of fused-ring (bicyclic) bond motifs is 1. The van der Waals surface area contributed by atoms with Crippen LogP contribution in [0, 0.1) is 5.92 Å². The number of nitrogens with zero attached hydrogens (tertiary/aromatic N) is 2. The lowest BCUT2D eigenvalue weighted by atomic mass is 9.90. The molecule has 2 amide bonds. The van der Waals surface area contributed by atoms with Crippen LogP contribution in [-0.2, 0) is 9.53 Å². The average molecular weight is 333 g/mol. The molecule has 1 aliphatic carbocycles. The Morgan fingerprint density at radius 1 is 1.25 bits per heavy atom. The topological polar surface area (TPSA) is 61.9 Å². The molecule has 0 aromatic heterocycles. The highest BCUT2D eigenvalue weighted by atomic mass is 16.6. The van der Waals surface area contributed by atoms with Crippen LogP contribution in [0.25, 0.3) is 0 Å². The molecular formula is C18H27N3O3. The summed E-state index contributed by atoms with van der Waals surface area (Å²) < 4.78 is 5.46. The first kappa shape index (κ1) is 16.9. The van der Waals surface area contributed by atoms with Gasteiger partial charge < -0.3 is 19.9 Å². The van der Waals surface area contributed by atoms with Crippen LogP contribution < -0.4 is 5.32 Å². The fraction of sp³-hybridized carbons (Fsp3) is 0.667. The number of rotatable bonds is 1. The predicted molar refractivity (Wildman–Crippen MR) is 91.0 cm³/mol. The summed E-state index contributed by atoms with van der Waals surface area (Å²) in [7, 11) is 0. The van der Waals surface area contributed by atoms with Gasteiger partial charge in [-0.1, -0.05) is 13.0 Å². The average Bonchev–Trinajstić information content (AvgIpc) is 2.86. The number of ether oxygens (including phenoxy) is 1. The van der Waals surface area contributed by atoms with Gasteiger partial charge in [0.1, 0.15) is 5.60 Å². The summed E-state index contributed by atoms with van der Waals surface area (Å²) in [6, 6.07) is 0. The van der Waals surface area contributed by atoms with E-state index in [0.29, 0.717) is 25.4 Å². The molecule has 6 nitrogen and oxygen atoms in total. The van der Waals surface area contributed by atoms with Crippen molar-refractivity contribution in [2.45, 2.75) is 46.1 Å². The second-order valence-electron chi connectivity index (χ2n) is 7.80. The summed E-state index contributed by atoms with van der Waals surface area (Å²) in [4.78, 5) is 28.1. The Kier molecular flexibility index (Phi) is 4.32. The Labute approximate surface area is 143 Å². The highest BCUT2D eigenvalue weighted by Gasteiger charge is 2.34. The van der Waals surface area contributed by atoms with E-state index < -0.39 is 5.60 Å². The van der Waals surface area contributed by atoms with E-state index in [9.17, 15) is 9.59 Å². The van der Waals surface area contributed by atoms with Crippen LogP contribution in [0.2, 0.25) is 0 Å². The van der Waals surface area contributed by atoms with E-state index >= 15 is 0 Å². The molecular weight excluding hydrogens is 306 g/mol. The molecule has 0 aromatic rings. The van der Waals surface area contributed by atoms with Crippen LogP contribution in [0.4, 0.5) is 4.79 Å². The largest absolute Gasteiger partial charge is 0.444 e. The molecule has 0 spiro atoms. The minimum Gasteiger partial charge on any atom is -0.444 e. The van der Waals surface area contributed by atoms with Gasteiger partial charge in [0, 0.05) is 43.1 Å². The zero-order valence-electron chi connectivity index (χ0n) is 15.0. The number of allylic oxidation sites excluding steroid dienone is 3. The van der Waals surface area contributed by atoms with Crippen molar-refractivity contribution < 1.29 is 14.3 Å². The minimum atomic E-state index is -0.466. The first-order valence-corrected chi connectivity index (χ1v) is 8.71. The lowest BCUT2D eigenvalue weighted by Gasteiger charge is -2.41. The Morgan fingerprint density at radius 3 is 2.54 bits per heavy atom. The van der Waals surface area contributed by atoms with Gasteiger partial charge in [-0.05, 0) is 33.1 Å². The molecule has 1 unspecified atom stereocenters. The first-order chi connectivity index (χ1) is 11.2. The first-order valence-electron chi connectivity index (χ1n) is 8.71. The zero-order valence-corrected chi connectivity index (χ0v) is 15.0. The van der Waals surface area contributed by atoms with Crippen molar-refractivity contribution in [3.8, 4) is 0 Å². The summed E-state index contributed by atoms with van der Waals surface area (Å²) in [5, 5.41) is 2.95.